The number of carbonyl (C=O) groups is 1. The monoisotopic (exact) mass is 637 g/mol. The van der Waals surface area contributed by atoms with E-state index in [0.717, 1.165) is 30.2 Å². The minimum atomic E-state index is -4.66. The van der Waals surface area contributed by atoms with Crippen molar-refractivity contribution in [2.45, 2.75) is 37.0 Å². The molecule has 1 aliphatic rings. The summed E-state index contributed by atoms with van der Waals surface area (Å²) >= 11 is 0. The zero-order valence-electron chi connectivity index (χ0n) is 24.2. The summed E-state index contributed by atoms with van der Waals surface area (Å²) in [6.07, 6.45) is -3.30. The number of alkyl halides is 3. The molecule has 45 heavy (non-hydrogen) atoms. The Balaban J connectivity index is 1.69. The molecule has 1 aromatic heterocycles. The zero-order valence-corrected chi connectivity index (χ0v) is 25.1. The van der Waals surface area contributed by atoms with Gasteiger partial charge in [0.15, 0.2) is 9.84 Å². The minimum Gasteiger partial charge on any atom is -0.466 e. The summed E-state index contributed by atoms with van der Waals surface area (Å²) in [4.78, 5) is 28.8. The number of carbonyl (C=O) groups excluding carboxylic acids is 1. The maximum Gasteiger partial charge on any atom is 0.416 e. The summed E-state index contributed by atoms with van der Waals surface area (Å²) in [6, 6.07) is 17.7. The van der Waals surface area contributed by atoms with Crippen molar-refractivity contribution < 1.29 is 31.1 Å². The van der Waals surface area contributed by atoms with Crippen LogP contribution in [0.1, 0.15) is 35.2 Å². The highest BCUT2D eigenvalue weighted by molar-refractivity contribution is 7.90. The molecule has 0 fully saturated rings. The van der Waals surface area contributed by atoms with Crippen LogP contribution in [-0.4, -0.2) is 42.1 Å². The Bertz CT molecular complexity index is 2020. The fourth-order valence-corrected chi connectivity index (χ4v) is 5.85. The van der Waals surface area contributed by atoms with Gasteiger partial charge in [-0.1, -0.05) is 30.3 Å². The summed E-state index contributed by atoms with van der Waals surface area (Å²) in [6.45, 7) is 1.56. The molecule has 0 N–H and O–H groups in total. The molecule has 1 atom stereocenters. The lowest BCUT2D eigenvalue weighted by atomic mass is 9.93. The van der Waals surface area contributed by atoms with Crippen LogP contribution in [0, 0.1) is 11.3 Å². The van der Waals surface area contributed by atoms with Crippen molar-refractivity contribution in [3.63, 3.8) is 0 Å². The number of nitriles is 1. The quantitative estimate of drug-likeness (QED) is 0.265. The number of allylic oxidation sites excluding steroid dienone is 1. The van der Waals surface area contributed by atoms with Crippen molar-refractivity contribution in [2.24, 2.45) is 0 Å². The molecule has 10 nitrogen and oxygen atoms in total. The second-order valence-electron chi connectivity index (χ2n) is 10.4. The van der Waals surface area contributed by atoms with Crippen molar-refractivity contribution in [3.05, 3.63) is 117 Å². The largest absolute Gasteiger partial charge is 0.466 e. The van der Waals surface area contributed by atoms with Crippen LogP contribution in [0.5, 0.6) is 0 Å². The van der Waals surface area contributed by atoms with Gasteiger partial charge in [0, 0.05) is 17.6 Å². The van der Waals surface area contributed by atoms with Crippen molar-refractivity contribution in [2.75, 3.05) is 18.3 Å². The normalized spacial score (nSPS) is 15.0. The van der Waals surface area contributed by atoms with Gasteiger partial charge in [0.25, 0.3) is 0 Å². The highest BCUT2D eigenvalue weighted by atomic mass is 32.2. The second kappa shape index (κ2) is 11.7. The van der Waals surface area contributed by atoms with Crippen LogP contribution in [-0.2, 0) is 38.5 Å². The first kappa shape index (κ1) is 31.3. The van der Waals surface area contributed by atoms with E-state index in [-0.39, 0.29) is 40.8 Å². The smallest absolute Gasteiger partial charge is 0.416 e. The molecule has 14 heteroatoms. The Morgan fingerprint density at radius 2 is 1.73 bits per heavy atom. The Hall–Kier alpha value is -5.16. The van der Waals surface area contributed by atoms with Crippen molar-refractivity contribution in [1.82, 2.24) is 14.3 Å². The SMILES string of the molecule is COC(=O)C1=C(C)N(c2cccc(C(F)(F)F)c2)c2nn(CCc3ccc(S(C)(=O)=O)cc3)c(=O)n2C1c1ccc(C#N)cc1. The van der Waals surface area contributed by atoms with Crippen LogP contribution in [0.25, 0.3) is 0 Å². The molecule has 1 aliphatic heterocycles. The molecule has 0 amide bonds. The third-order valence-electron chi connectivity index (χ3n) is 7.47. The van der Waals surface area contributed by atoms with E-state index >= 15 is 0 Å². The lowest BCUT2D eigenvalue weighted by Gasteiger charge is -2.35. The molecule has 0 saturated carbocycles. The number of anilines is 2. The van der Waals surface area contributed by atoms with E-state index < -0.39 is 39.3 Å². The topological polar surface area (TPSA) is 127 Å². The molecule has 0 spiro atoms. The van der Waals surface area contributed by atoms with E-state index in [9.17, 15) is 36.4 Å². The van der Waals surface area contributed by atoms with Gasteiger partial charge in [-0.2, -0.15) is 18.4 Å². The van der Waals surface area contributed by atoms with E-state index in [1.807, 2.05) is 6.07 Å². The van der Waals surface area contributed by atoms with Crippen molar-refractivity contribution in [1.29, 1.82) is 5.26 Å². The van der Waals surface area contributed by atoms with E-state index in [2.05, 4.69) is 5.10 Å². The number of halogens is 3. The first-order chi connectivity index (χ1) is 21.2. The number of rotatable bonds is 7. The number of methoxy groups -OCH3 is 1. The van der Waals surface area contributed by atoms with Gasteiger partial charge >= 0.3 is 17.8 Å². The van der Waals surface area contributed by atoms with Gasteiger partial charge < -0.3 is 4.74 Å². The van der Waals surface area contributed by atoms with Gasteiger partial charge in [-0.25, -0.2) is 27.3 Å². The Morgan fingerprint density at radius 3 is 2.31 bits per heavy atom. The molecular weight excluding hydrogens is 611 g/mol. The van der Waals surface area contributed by atoms with Gasteiger partial charge in [0.1, 0.15) is 6.04 Å². The van der Waals surface area contributed by atoms with Gasteiger partial charge in [-0.3, -0.25) is 4.90 Å². The number of sulfone groups is 1. The predicted octanol–water partition coefficient (Wildman–Crippen LogP) is 4.77. The van der Waals surface area contributed by atoms with Gasteiger partial charge in [0.2, 0.25) is 5.95 Å². The highest BCUT2D eigenvalue weighted by Gasteiger charge is 2.41. The zero-order chi connectivity index (χ0) is 32.7. The molecule has 2 heterocycles. The van der Waals surface area contributed by atoms with Crippen LogP contribution >= 0.6 is 0 Å². The first-order valence-corrected chi connectivity index (χ1v) is 15.4. The fourth-order valence-electron chi connectivity index (χ4n) is 5.22. The summed E-state index contributed by atoms with van der Waals surface area (Å²) in [5.41, 5.74) is 0.0921. The maximum atomic E-state index is 14.0. The van der Waals surface area contributed by atoms with Crippen LogP contribution in [0.2, 0.25) is 0 Å². The van der Waals surface area contributed by atoms with Crippen LogP contribution in [0.15, 0.2) is 93.8 Å². The molecule has 232 valence electrons. The molecule has 1 unspecified atom stereocenters. The summed E-state index contributed by atoms with van der Waals surface area (Å²) in [5.74, 6) is -0.846. The van der Waals surface area contributed by atoms with E-state index in [1.54, 1.807) is 24.3 Å². The number of benzene rings is 3. The number of fused-ring (bicyclic) bond motifs is 1. The molecule has 3 aromatic carbocycles. The summed E-state index contributed by atoms with van der Waals surface area (Å²) in [5, 5.41) is 13.8. The number of hydrogen-bond acceptors (Lipinski definition) is 8. The Morgan fingerprint density at radius 1 is 1.07 bits per heavy atom. The van der Waals surface area contributed by atoms with E-state index in [0.29, 0.717) is 16.7 Å². The van der Waals surface area contributed by atoms with E-state index in [1.165, 1.54) is 52.8 Å². The number of ether oxygens (including phenoxy) is 1. The van der Waals surface area contributed by atoms with Gasteiger partial charge in [0.05, 0.1) is 41.3 Å². The van der Waals surface area contributed by atoms with Crippen molar-refractivity contribution in [3.8, 4) is 6.07 Å². The van der Waals surface area contributed by atoms with Crippen molar-refractivity contribution >= 4 is 27.4 Å². The standard InChI is InChI=1S/C31H26F3N5O5S/c1-19-26(28(40)44-2)27(22-11-7-21(18-35)8-12-22)39-29(38(19)24-6-4-5-23(17-24)31(32,33)34)36-37(30(39)41)16-15-20-9-13-25(14-10-20)45(3,42)43/h4-14,17,27H,15-16H2,1-3H3. The molecule has 4 aromatic rings. The molecule has 0 aliphatic carbocycles. The molecule has 5 rings (SSSR count). The minimum absolute atomic E-state index is 0.00914. The van der Waals surface area contributed by atoms with Crippen LogP contribution in [0.3, 0.4) is 0 Å². The molecule has 0 saturated heterocycles. The Kier molecular flexibility index (Phi) is 8.15. The van der Waals surface area contributed by atoms with Gasteiger partial charge in [-0.15, -0.1) is 5.10 Å². The van der Waals surface area contributed by atoms with Crippen LogP contribution < -0.4 is 10.6 Å². The number of nitrogens with zero attached hydrogens (tertiary/aromatic N) is 5. The molecular formula is C31H26F3N5O5S. The number of esters is 1. The number of aryl methyl sites for hydroxylation is 2. The predicted molar refractivity (Wildman–Crippen MR) is 157 cm³/mol. The van der Waals surface area contributed by atoms with Crippen LogP contribution in [0.4, 0.5) is 24.8 Å². The van der Waals surface area contributed by atoms with Gasteiger partial charge in [-0.05, 0) is 66.9 Å². The fraction of sp³-hybridized carbons (Fsp3) is 0.226. The molecule has 0 radical (unpaired) electrons. The number of hydrogen-bond donors (Lipinski definition) is 0. The maximum absolute atomic E-state index is 14.0. The Labute approximate surface area is 256 Å². The lowest BCUT2D eigenvalue weighted by molar-refractivity contribution is -0.138. The highest BCUT2D eigenvalue weighted by Crippen LogP contribution is 2.43. The average molecular weight is 638 g/mol. The third-order valence-corrected chi connectivity index (χ3v) is 8.59. The number of aromatic nitrogens is 3. The average Bonchev–Trinajstić information content (AvgIpc) is 3.33. The summed E-state index contributed by atoms with van der Waals surface area (Å²) < 4.78 is 72.3. The third kappa shape index (κ3) is 5.99. The van der Waals surface area contributed by atoms with E-state index in [4.69, 9.17) is 4.74 Å². The second-order valence-corrected chi connectivity index (χ2v) is 12.4. The molecule has 0 bridgehead atoms. The summed E-state index contributed by atoms with van der Waals surface area (Å²) in [7, 11) is -2.25. The lowest BCUT2D eigenvalue weighted by Crippen LogP contribution is -2.38. The first-order valence-electron chi connectivity index (χ1n) is 13.5.